The Morgan fingerprint density at radius 3 is 1.42 bits per heavy atom. The zero-order valence-corrected chi connectivity index (χ0v) is 26.1. The molecule has 3 aromatic rings. The van der Waals surface area contributed by atoms with Crippen molar-refractivity contribution in [3.05, 3.63) is 89.5 Å². The van der Waals surface area contributed by atoms with Crippen molar-refractivity contribution >= 4 is 0 Å². The van der Waals surface area contributed by atoms with Crippen LogP contribution in [0.3, 0.4) is 0 Å². The monoisotopic (exact) mass is 626 g/mol. The van der Waals surface area contributed by atoms with Gasteiger partial charge in [0.2, 0.25) is 0 Å². The van der Waals surface area contributed by atoms with Gasteiger partial charge in [-0.25, -0.2) is 0 Å². The van der Waals surface area contributed by atoms with Crippen LogP contribution in [0.1, 0.15) is 74.5 Å². The molecule has 3 aromatic carbocycles. The first-order valence-electron chi connectivity index (χ1n) is 16.0. The van der Waals surface area contributed by atoms with Gasteiger partial charge in [-0.2, -0.15) is 0 Å². The zero-order valence-electron chi connectivity index (χ0n) is 26.1. The van der Waals surface area contributed by atoms with Crippen molar-refractivity contribution in [3.8, 4) is 17.2 Å². The molecule has 6 N–H and O–H groups in total. The lowest BCUT2D eigenvalue weighted by Crippen LogP contribution is -2.31. The van der Waals surface area contributed by atoms with Crippen LogP contribution >= 0.6 is 0 Å². The topological polar surface area (TPSA) is 149 Å². The fraction of sp³-hybridized carbons (Fsp3) is 0.500. The largest absolute Gasteiger partial charge is 0.493 e. The van der Waals surface area contributed by atoms with Crippen molar-refractivity contribution in [2.75, 3.05) is 39.6 Å². The molecule has 0 amide bonds. The summed E-state index contributed by atoms with van der Waals surface area (Å²) in [6.07, 6.45) is 5.11. The van der Waals surface area contributed by atoms with Gasteiger partial charge in [-0.3, -0.25) is 0 Å². The van der Waals surface area contributed by atoms with Crippen LogP contribution in [0.4, 0.5) is 0 Å². The van der Waals surface area contributed by atoms with E-state index in [1.54, 1.807) is 0 Å². The van der Waals surface area contributed by atoms with Crippen molar-refractivity contribution in [2.24, 2.45) is 0 Å². The molecule has 9 heteroatoms. The minimum atomic E-state index is -2.70. The number of rotatable bonds is 23. The Labute approximate surface area is 266 Å². The number of aliphatic hydroxyl groups is 6. The molecule has 0 bridgehead atoms. The maximum absolute atomic E-state index is 9.44. The summed E-state index contributed by atoms with van der Waals surface area (Å²) in [5.74, 6) is -0.505. The summed E-state index contributed by atoms with van der Waals surface area (Å²) in [6.45, 7) is 1.20. The summed E-state index contributed by atoms with van der Waals surface area (Å²) in [4.78, 5) is 0. The molecule has 9 nitrogen and oxygen atoms in total. The molecule has 0 fully saturated rings. The lowest BCUT2D eigenvalue weighted by Gasteiger charge is -2.38. The molecule has 0 aliphatic rings. The van der Waals surface area contributed by atoms with Crippen LogP contribution in [-0.4, -0.2) is 76.3 Å². The molecule has 0 aliphatic heterocycles. The average Bonchev–Trinajstić information content (AvgIpc) is 3.03. The number of aliphatic hydroxyl groups excluding tert-OH is 3. The van der Waals surface area contributed by atoms with Crippen LogP contribution in [0.5, 0.6) is 17.2 Å². The molecule has 0 spiro atoms. The molecule has 0 unspecified atom stereocenters. The molecular weight excluding hydrogens is 576 g/mol. The van der Waals surface area contributed by atoms with Crippen LogP contribution in [0, 0.1) is 0 Å². The third kappa shape index (κ3) is 11.6. The lowest BCUT2D eigenvalue weighted by atomic mass is 9.67. The number of hydrogen-bond acceptors (Lipinski definition) is 9. The van der Waals surface area contributed by atoms with Crippen LogP contribution in [0.2, 0.25) is 0 Å². The standard InChI is InChI=1S/C36H50O9/c37-23-10-26-43-32-16-5-2-13-29(32)19-22-35(20-8-1-9-21-36(40,41)42,30-14-3-6-17-33(30)44-27-11-24-38)31-15-4-7-18-34(31)45-28-12-25-39/h2-7,13-18,37-42H,1,8-12,19-28H2. The average molecular weight is 627 g/mol. The van der Waals surface area contributed by atoms with E-state index in [4.69, 9.17) is 14.2 Å². The number of hydrogen-bond donors (Lipinski definition) is 6. The van der Waals surface area contributed by atoms with Gasteiger partial charge in [0.1, 0.15) is 17.2 Å². The highest BCUT2D eigenvalue weighted by molar-refractivity contribution is 5.52. The van der Waals surface area contributed by atoms with E-state index in [1.807, 2.05) is 54.6 Å². The normalized spacial score (nSPS) is 11.9. The molecule has 0 atom stereocenters. The van der Waals surface area contributed by atoms with Gasteiger partial charge >= 0.3 is 0 Å². The fourth-order valence-corrected chi connectivity index (χ4v) is 5.69. The minimum Gasteiger partial charge on any atom is -0.493 e. The fourth-order valence-electron chi connectivity index (χ4n) is 5.69. The van der Waals surface area contributed by atoms with Gasteiger partial charge in [0, 0.05) is 62.0 Å². The van der Waals surface area contributed by atoms with Crippen LogP contribution in [-0.2, 0) is 11.8 Å². The molecule has 248 valence electrons. The quantitative estimate of drug-likeness (QED) is 0.0662. The Morgan fingerprint density at radius 1 is 0.467 bits per heavy atom. The summed E-state index contributed by atoms with van der Waals surface area (Å²) >= 11 is 0. The van der Waals surface area contributed by atoms with E-state index >= 15 is 0 Å². The SMILES string of the molecule is OCCCOc1ccccc1CCC(CCCCCC(O)(O)O)(c1ccccc1OCCCO)c1ccccc1OCCCO. The molecule has 0 radical (unpaired) electrons. The molecule has 0 aliphatic carbocycles. The highest BCUT2D eigenvalue weighted by atomic mass is 16.7. The Balaban J connectivity index is 2.12. The first-order valence-corrected chi connectivity index (χ1v) is 16.0. The summed E-state index contributed by atoms with van der Waals surface area (Å²) in [7, 11) is 0. The number of aryl methyl sites for hydroxylation is 1. The number of para-hydroxylation sites is 3. The van der Waals surface area contributed by atoms with Gasteiger partial charge in [-0.1, -0.05) is 67.4 Å². The molecule has 0 aromatic heterocycles. The van der Waals surface area contributed by atoms with E-state index in [0.717, 1.165) is 22.4 Å². The van der Waals surface area contributed by atoms with E-state index in [1.165, 1.54) is 0 Å². The second-order valence-corrected chi connectivity index (χ2v) is 11.3. The predicted molar refractivity (Wildman–Crippen MR) is 172 cm³/mol. The molecule has 0 heterocycles. The van der Waals surface area contributed by atoms with Crippen LogP contribution in [0.15, 0.2) is 72.8 Å². The Bertz CT molecular complexity index is 1190. The van der Waals surface area contributed by atoms with E-state index in [0.29, 0.717) is 89.1 Å². The first kappa shape index (κ1) is 36.3. The summed E-state index contributed by atoms with van der Waals surface area (Å²) in [5, 5.41) is 56.5. The van der Waals surface area contributed by atoms with Gasteiger partial charge < -0.3 is 44.8 Å². The number of ether oxygens (including phenoxy) is 3. The zero-order chi connectivity index (χ0) is 32.4. The molecule has 0 saturated carbocycles. The van der Waals surface area contributed by atoms with E-state index in [9.17, 15) is 30.6 Å². The first-order chi connectivity index (χ1) is 21.8. The lowest BCUT2D eigenvalue weighted by molar-refractivity contribution is -0.315. The van der Waals surface area contributed by atoms with Gasteiger partial charge in [0.15, 0.2) is 0 Å². The second-order valence-electron chi connectivity index (χ2n) is 11.3. The van der Waals surface area contributed by atoms with Crippen molar-refractivity contribution in [1.29, 1.82) is 0 Å². The molecular formula is C36H50O9. The third-order valence-corrected chi connectivity index (χ3v) is 7.89. The van der Waals surface area contributed by atoms with Gasteiger partial charge in [-0.15, -0.1) is 0 Å². The molecule has 0 saturated heterocycles. The van der Waals surface area contributed by atoms with Gasteiger partial charge in [0.25, 0.3) is 5.97 Å². The van der Waals surface area contributed by atoms with E-state index in [2.05, 4.69) is 18.2 Å². The van der Waals surface area contributed by atoms with Crippen LogP contribution in [0.25, 0.3) is 0 Å². The highest BCUT2D eigenvalue weighted by Gasteiger charge is 2.38. The Hall–Kier alpha value is -3.18. The van der Waals surface area contributed by atoms with Crippen molar-refractivity contribution < 1.29 is 44.8 Å². The maximum Gasteiger partial charge on any atom is 0.275 e. The minimum absolute atomic E-state index is 0.0178. The smallest absolute Gasteiger partial charge is 0.275 e. The number of benzene rings is 3. The molecule has 45 heavy (non-hydrogen) atoms. The van der Waals surface area contributed by atoms with Crippen molar-refractivity contribution in [2.45, 2.75) is 75.6 Å². The van der Waals surface area contributed by atoms with E-state index < -0.39 is 11.4 Å². The molecule has 3 rings (SSSR count). The Morgan fingerprint density at radius 2 is 0.911 bits per heavy atom. The summed E-state index contributed by atoms with van der Waals surface area (Å²) < 4.78 is 18.6. The maximum atomic E-state index is 9.44. The summed E-state index contributed by atoms with van der Waals surface area (Å²) in [5.41, 5.74) is 2.35. The Kier molecular flexibility index (Phi) is 15.6. The predicted octanol–water partition coefficient (Wildman–Crippen LogP) is 4.47. The summed E-state index contributed by atoms with van der Waals surface area (Å²) in [6, 6.07) is 23.8. The van der Waals surface area contributed by atoms with Gasteiger partial charge in [-0.05, 0) is 49.4 Å². The third-order valence-electron chi connectivity index (χ3n) is 7.89. The highest BCUT2D eigenvalue weighted by Crippen LogP contribution is 2.49. The van der Waals surface area contributed by atoms with Crippen LogP contribution < -0.4 is 14.2 Å². The number of unbranched alkanes of at least 4 members (excludes halogenated alkanes) is 2. The van der Waals surface area contributed by atoms with Gasteiger partial charge in [0.05, 0.1) is 19.8 Å². The van der Waals surface area contributed by atoms with Crippen molar-refractivity contribution in [1.82, 2.24) is 0 Å². The van der Waals surface area contributed by atoms with E-state index in [-0.39, 0.29) is 26.2 Å². The van der Waals surface area contributed by atoms with Crippen molar-refractivity contribution in [3.63, 3.8) is 0 Å². The second kappa shape index (κ2) is 19.4.